The van der Waals surface area contributed by atoms with Crippen LogP contribution in [0.1, 0.15) is 27.0 Å². The van der Waals surface area contributed by atoms with Gasteiger partial charge in [-0.25, -0.2) is 12.8 Å². The summed E-state index contributed by atoms with van der Waals surface area (Å²) in [6, 6.07) is 5.28. The third-order valence-electron chi connectivity index (χ3n) is 4.67. The molecule has 1 amide bonds. The van der Waals surface area contributed by atoms with Crippen molar-refractivity contribution in [1.29, 1.82) is 0 Å². The molecule has 2 heterocycles. The zero-order chi connectivity index (χ0) is 19.8. The highest BCUT2D eigenvalue weighted by Gasteiger charge is 2.31. The summed E-state index contributed by atoms with van der Waals surface area (Å²) in [6.45, 7) is 5.05. The number of carbonyl (C=O) groups is 1. The molecular weight excluding hydrogens is 411 g/mol. The molecule has 0 radical (unpaired) electrons. The number of halogens is 2. The number of amides is 1. The van der Waals surface area contributed by atoms with E-state index in [1.54, 1.807) is 4.90 Å². The Morgan fingerprint density at radius 3 is 2.44 bits per heavy atom. The zero-order valence-electron chi connectivity index (χ0n) is 15.0. The van der Waals surface area contributed by atoms with Crippen LogP contribution < -0.4 is 0 Å². The van der Waals surface area contributed by atoms with Gasteiger partial charge in [0.15, 0.2) is 0 Å². The molecule has 0 atom stereocenters. The molecule has 0 bridgehead atoms. The van der Waals surface area contributed by atoms with E-state index >= 15 is 0 Å². The van der Waals surface area contributed by atoms with Crippen molar-refractivity contribution in [3.63, 3.8) is 0 Å². The normalized spacial score (nSPS) is 15.9. The average Bonchev–Trinajstić information content (AvgIpc) is 3.04. The Bertz CT molecular complexity index is 967. The van der Waals surface area contributed by atoms with Gasteiger partial charge in [0.1, 0.15) is 5.82 Å². The van der Waals surface area contributed by atoms with E-state index in [4.69, 9.17) is 11.6 Å². The predicted molar refractivity (Wildman–Crippen MR) is 105 cm³/mol. The summed E-state index contributed by atoms with van der Waals surface area (Å²) in [7, 11) is -3.77. The largest absolute Gasteiger partial charge is 0.335 e. The predicted octanol–water partition coefficient (Wildman–Crippen LogP) is 3.56. The van der Waals surface area contributed by atoms with Crippen molar-refractivity contribution in [2.24, 2.45) is 0 Å². The van der Waals surface area contributed by atoms with Crippen molar-refractivity contribution in [2.45, 2.75) is 25.2 Å². The summed E-state index contributed by atoms with van der Waals surface area (Å²) in [5, 5.41) is -0.232. The fraction of sp³-hybridized carbons (Fsp3) is 0.389. The highest BCUT2D eigenvalue weighted by Crippen LogP contribution is 2.26. The van der Waals surface area contributed by atoms with Crippen molar-refractivity contribution in [2.75, 3.05) is 26.2 Å². The summed E-state index contributed by atoms with van der Waals surface area (Å²) in [5.74, 6) is -0.728. The first-order chi connectivity index (χ1) is 12.7. The molecule has 5 nitrogen and oxygen atoms in total. The molecule has 2 aromatic rings. The van der Waals surface area contributed by atoms with Gasteiger partial charge in [0.2, 0.25) is 10.0 Å². The Hall–Kier alpha value is -1.48. The summed E-state index contributed by atoms with van der Waals surface area (Å²) in [4.78, 5) is 16.1. The Morgan fingerprint density at radius 1 is 1.22 bits per heavy atom. The zero-order valence-corrected chi connectivity index (χ0v) is 17.4. The molecule has 1 aliphatic rings. The Kier molecular flexibility index (Phi) is 5.90. The summed E-state index contributed by atoms with van der Waals surface area (Å²) < 4.78 is 40.1. The van der Waals surface area contributed by atoms with Crippen LogP contribution in [-0.4, -0.2) is 49.7 Å². The lowest BCUT2D eigenvalue weighted by atomic mass is 10.2. The van der Waals surface area contributed by atoms with Crippen molar-refractivity contribution in [1.82, 2.24) is 9.21 Å². The van der Waals surface area contributed by atoms with Crippen molar-refractivity contribution in [3.8, 4) is 0 Å². The third kappa shape index (κ3) is 4.03. The molecule has 1 fully saturated rings. The number of hydrogen-bond donors (Lipinski definition) is 0. The quantitative estimate of drug-likeness (QED) is 0.745. The standard InChI is InChI=1S/C18H20ClFN2O3S2/c1-3-13-10-17(26-12(13)2)18(23)21-6-8-22(9-7-21)27(24,25)14-4-5-16(20)15(19)11-14/h4-5,10-11H,3,6-9H2,1-2H3. The van der Waals surface area contributed by atoms with Crippen LogP contribution in [0.5, 0.6) is 0 Å². The van der Waals surface area contributed by atoms with E-state index in [-0.39, 0.29) is 28.9 Å². The van der Waals surface area contributed by atoms with Gasteiger partial charge in [-0.1, -0.05) is 18.5 Å². The van der Waals surface area contributed by atoms with E-state index in [0.717, 1.165) is 29.0 Å². The fourth-order valence-corrected chi connectivity index (χ4v) is 5.83. The molecule has 9 heteroatoms. The number of hydrogen-bond acceptors (Lipinski definition) is 4. The van der Waals surface area contributed by atoms with Gasteiger partial charge in [-0.15, -0.1) is 11.3 Å². The van der Waals surface area contributed by atoms with Gasteiger partial charge < -0.3 is 4.90 Å². The van der Waals surface area contributed by atoms with Crippen LogP contribution in [-0.2, 0) is 16.4 Å². The molecule has 0 unspecified atom stereocenters. The molecule has 0 N–H and O–H groups in total. The maximum atomic E-state index is 13.3. The highest BCUT2D eigenvalue weighted by molar-refractivity contribution is 7.89. The monoisotopic (exact) mass is 430 g/mol. The lowest BCUT2D eigenvalue weighted by Crippen LogP contribution is -2.50. The van der Waals surface area contributed by atoms with E-state index < -0.39 is 15.8 Å². The molecule has 1 saturated heterocycles. The summed E-state index contributed by atoms with van der Waals surface area (Å²) >= 11 is 7.18. The van der Waals surface area contributed by atoms with Crippen molar-refractivity contribution in [3.05, 3.63) is 50.4 Å². The van der Waals surface area contributed by atoms with Crippen molar-refractivity contribution >= 4 is 38.9 Å². The van der Waals surface area contributed by atoms with Crippen LogP contribution in [0.15, 0.2) is 29.2 Å². The van der Waals surface area contributed by atoms with Gasteiger partial charge in [-0.3, -0.25) is 4.79 Å². The Morgan fingerprint density at radius 2 is 1.89 bits per heavy atom. The van der Waals surface area contributed by atoms with Gasteiger partial charge in [0, 0.05) is 31.1 Å². The van der Waals surface area contributed by atoms with Crippen molar-refractivity contribution < 1.29 is 17.6 Å². The topological polar surface area (TPSA) is 57.7 Å². The number of rotatable bonds is 4. The van der Waals surface area contributed by atoms with Gasteiger partial charge in [-0.05, 0) is 43.2 Å². The van der Waals surface area contributed by atoms with Crippen LogP contribution in [0.3, 0.4) is 0 Å². The molecule has 146 valence electrons. The first-order valence-corrected chi connectivity index (χ1v) is 11.2. The summed E-state index contributed by atoms with van der Waals surface area (Å²) in [5.41, 5.74) is 1.16. The molecule has 0 saturated carbocycles. The SMILES string of the molecule is CCc1cc(C(=O)N2CCN(S(=O)(=O)c3ccc(F)c(Cl)c3)CC2)sc1C. The molecular formula is C18H20ClFN2O3S2. The highest BCUT2D eigenvalue weighted by atomic mass is 35.5. The van der Waals surface area contributed by atoms with E-state index in [0.29, 0.717) is 18.0 Å². The van der Waals surface area contributed by atoms with E-state index in [1.165, 1.54) is 21.7 Å². The maximum absolute atomic E-state index is 13.3. The number of aryl methyl sites for hydroxylation is 2. The minimum atomic E-state index is -3.77. The van der Waals surface area contributed by atoms with E-state index in [1.807, 2.05) is 13.0 Å². The van der Waals surface area contributed by atoms with E-state index in [2.05, 4.69) is 6.92 Å². The Labute approximate surface area is 167 Å². The molecule has 1 aliphatic heterocycles. The van der Waals surface area contributed by atoms with Gasteiger partial charge in [0.25, 0.3) is 5.91 Å². The molecule has 0 spiro atoms. The van der Waals surface area contributed by atoms with Gasteiger partial charge in [0.05, 0.1) is 14.8 Å². The van der Waals surface area contributed by atoms with Crippen LogP contribution in [0.25, 0.3) is 0 Å². The maximum Gasteiger partial charge on any atom is 0.264 e. The first kappa shape index (κ1) is 20.3. The van der Waals surface area contributed by atoms with Crippen LogP contribution in [0, 0.1) is 12.7 Å². The molecule has 27 heavy (non-hydrogen) atoms. The number of piperazine rings is 1. The smallest absolute Gasteiger partial charge is 0.264 e. The minimum Gasteiger partial charge on any atom is -0.335 e. The molecule has 1 aromatic heterocycles. The third-order valence-corrected chi connectivity index (χ3v) is 7.93. The lowest BCUT2D eigenvalue weighted by Gasteiger charge is -2.33. The van der Waals surface area contributed by atoms with Crippen LogP contribution in [0.2, 0.25) is 5.02 Å². The lowest BCUT2D eigenvalue weighted by molar-refractivity contribution is 0.0702. The molecule has 3 rings (SSSR count). The first-order valence-electron chi connectivity index (χ1n) is 8.57. The molecule has 1 aromatic carbocycles. The number of benzene rings is 1. The second-order valence-corrected chi connectivity index (χ2v) is 9.92. The average molecular weight is 431 g/mol. The van der Waals surface area contributed by atoms with Crippen LogP contribution in [0.4, 0.5) is 4.39 Å². The number of nitrogens with zero attached hydrogens (tertiary/aromatic N) is 2. The second kappa shape index (κ2) is 7.87. The second-order valence-electron chi connectivity index (χ2n) is 6.32. The van der Waals surface area contributed by atoms with Gasteiger partial charge in [-0.2, -0.15) is 4.31 Å². The number of sulfonamides is 1. The van der Waals surface area contributed by atoms with Crippen LogP contribution >= 0.6 is 22.9 Å². The number of carbonyl (C=O) groups excluding carboxylic acids is 1. The minimum absolute atomic E-state index is 0.0462. The summed E-state index contributed by atoms with van der Waals surface area (Å²) in [6.07, 6.45) is 0.877. The van der Waals surface area contributed by atoms with E-state index in [9.17, 15) is 17.6 Å². The Balaban J connectivity index is 1.70. The van der Waals surface area contributed by atoms with Gasteiger partial charge >= 0.3 is 0 Å². The molecule has 0 aliphatic carbocycles. The fourth-order valence-electron chi connectivity index (χ4n) is 3.05. The number of thiophene rings is 1.